The lowest BCUT2D eigenvalue weighted by molar-refractivity contribution is 0.918. The maximum atomic E-state index is 4.42. The van der Waals surface area contributed by atoms with E-state index in [-0.39, 0.29) is 0 Å². The lowest BCUT2D eigenvalue weighted by Crippen LogP contribution is -1.91. The van der Waals surface area contributed by atoms with Crippen LogP contribution >= 0.6 is 22.6 Å². The van der Waals surface area contributed by atoms with Gasteiger partial charge >= 0.3 is 0 Å². The normalized spacial score (nSPS) is 11.1. The summed E-state index contributed by atoms with van der Waals surface area (Å²) in [4.78, 5) is 4.42. The van der Waals surface area contributed by atoms with E-state index in [1.54, 1.807) is 0 Å². The molecule has 3 heteroatoms. The van der Waals surface area contributed by atoms with E-state index in [2.05, 4.69) is 39.7 Å². The molecule has 0 saturated carbocycles. The highest BCUT2D eigenvalue weighted by molar-refractivity contribution is 14.1. The lowest BCUT2D eigenvalue weighted by Gasteiger charge is -1.96. The molecule has 15 heavy (non-hydrogen) atoms. The van der Waals surface area contributed by atoms with Gasteiger partial charge in [0.25, 0.3) is 0 Å². The first-order chi connectivity index (χ1) is 7.25. The number of halogens is 1. The fraction of sp³-hybridized carbons (Fsp3) is 0.0833. The molecule has 0 atom stereocenters. The van der Waals surface area contributed by atoms with Crippen molar-refractivity contribution in [2.75, 3.05) is 0 Å². The summed E-state index contributed by atoms with van der Waals surface area (Å²) >= 11 is 2.29. The van der Waals surface area contributed by atoms with Gasteiger partial charge in [0.15, 0.2) is 0 Å². The zero-order valence-corrected chi connectivity index (χ0v) is 10.5. The van der Waals surface area contributed by atoms with Crippen LogP contribution in [0, 0.1) is 3.57 Å². The number of aryl methyl sites for hydroxylation is 1. The van der Waals surface area contributed by atoms with E-state index in [1.807, 2.05) is 48.3 Å². The second kappa shape index (κ2) is 4.61. The zero-order valence-electron chi connectivity index (χ0n) is 8.39. The number of aromatic nitrogens is 1. The third kappa shape index (κ3) is 2.68. The third-order valence-electron chi connectivity index (χ3n) is 2.14. The van der Waals surface area contributed by atoms with E-state index < -0.39 is 0 Å². The first-order valence-corrected chi connectivity index (χ1v) is 5.74. The SMILES string of the molecule is Cn1cccc1C=Nc1cccc(I)c1. The predicted octanol–water partition coefficient (Wildman–Crippen LogP) is 3.38. The van der Waals surface area contributed by atoms with Crippen molar-refractivity contribution in [2.45, 2.75) is 0 Å². The van der Waals surface area contributed by atoms with Crippen LogP contribution in [0.3, 0.4) is 0 Å². The summed E-state index contributed by atoms with van der Waals surface area (Å²) in [5.74, 6) is 0. The van der Waals surface area contributed by atoms with Crippen molar-refractivity contribution in [2.24, 2.45) is 12.0 Å². The Kier molecular flexibility index (Phi) is 3.20. The molecule has 0 aliphatic carbocycles. The summed E-state index contributed by atoms with van der Waals surface area (Å²) in [6.45, 7) is 0. The molecule has 0 bridgehead atoms. The highest BCUT2D eigenvalue weighted by Crippen LogP contribution is 2.15. The minimum atomic E-state index is 0.989. The molecule has 2 rings (SSSR count). The Hall–Kier alpha value is -1.10. The topological polar surface area (TPSA) is 17.3 Å². The fourth-order valence-electron chi connectivity index (χ4n) is 1.31. The molecule has 1 heterocycles. The average Bonchev–Trinajstić information content (AvgIpc) is 2.61. The van der Waals surface area contributed by atoms with Gasteiger partial charge in [0, 0.05) is 16.8 Å². The molecule has 1 aromatic carbocycles. The Bertz CT molecular complexity index is 486. The number of hydrogen-bond acceptors (Lipinski definition) is 1. The predicted molar refractivity (Wildman–Crippen MR) is 71.8 cm³/mol. The number of nitrogens with zero attached hydrogens (tertiary/aromatic N) is 2. The largest absolute Gasteiger partial charge is 0.350 e. The summed E-state index contributed by atoms with van der Waals surface area (Å²) < 4.78 is 3.24. The van der Waals surface area contributed by atoms with E-state index in [4.69, 9.17) is 0 Å². The summed E-state index contributed by atoms with van der Waals surface area (Å²) in [5.41, 5.74) is 2.09. The van der Waals surface area contributed by atoms with Crippen molar-refractivity contribution in [3.63, 3.8) is 0 Å². The Morgan fingerprint density at radius 3 is 2.80 bits per heavy atom. The van der Waals surface area contributed by atoms with Crippen molar-refractivity contribution in [1.82, 2.24) is 4.57 Å². The van der Waals surface area contributed by atoms with Gasteiger partial charge in [-0.3, -0.25) is 4.99 Å². The lowest BCUT2D eigenvalue weighted by atomic mass is 10.3. The molecule has 0 aliphatic heterocycles. The molecule has 2 aromatic rings. The first-order valence-electron chi connectivity index (χ1n) is 4.67. The number of rotatable bonds is 2. The molecule has 0 spiro atoms. The fourth-order valence-corrected chi connectivity index (χ4v) is 1.83. The number of aliphatic imine (C=N–C) groups is 1. The maximum absolute atomic E-state index is 4.42. The summed E-state index contributed by atoms with van der Waals surface area (Å²) in [7, 11) is 2.01. The van der Waals surface area contributed by atoms with Crippen molar-refractivity contribution >= 4 is 34.5 Å². The molecule has 76 valence electrons. The van der Waals surface area contributed by atoms with Crippen LogP contribution in [0.15, 0.2) is 47.6 Å². The molecule has 2 nitrogen and oxygen atoms in total. The van der Waals surface area contributed by atoms with Gasteiger partial charge in [-0.05, 0) is 52.9 Å². The van der Waals surface area contributed by atoms with Gasteiger partial charge in [-0.15, -0.1) is 0 Å². The van der Waals surface area contributed by atoms with Crippen LogP contribution in [0.4, 0.5) is 5.69 Å². The quantitative estimate of drug-likeness (QED) is 0.598. The van der Waals surface area contributed by atoms with Gasteiger partial charge in [0.05, 0.1) is 17.6 Å². The summed E-state index contributed by atoms with van der Waals surface area (Å²) in [6, 6.07) is 12.2. The van der Waals surface area contributed by atoms with Crippen molar-refractivity contribution < 1.29 is 0 Å². The average molecular weight is 310 g/mol. The second-order valence-corrected chi connectivity index (χ2v) is 4.53. The second-order valence-electron chi connectivity index (χ2n) is 3.28. The van der Waals surface area contributed by atoms with Gasteiger partial charge in [0.1, 0.15) is 0 Å². The number of benzene rings is 1. The molecule has 0 unspecified atom stereocenters. The molecule has 0 aliphatic rings. The molecular weight excluding hydrogens is 299 g/mol. The van der Waals surface area contributed by atoms with E-state index in [0.29, 0.717) is 0 Å². The van der Waals surface area contributed by atoms with Crippen LogP contribution in [-0.4, -0.2) is 10.8 Å². The summed E-state index contributed by atoms with van der Waals surface area (Å²) in [6.07, 6.45) is 3.89. The Morgan fingerprint density at radius 1 is 1.27 bits per heavy atom. The van der Waals surface area contributed by atoms with E-state index in [1.165, 1.54) is 3.57 Å². The van der Waals surface area contributed by atoms with E-state index >= 15 is 0 Å². The molecule has 0 N–H and O–H groups in total. The smallest absolute Gasteiger partial charge is 0.0641 e. The highest BCUT2D eigenvalue weighted by atomic mass is 127. The van der Waals surface area contributed by atoms with Crippen LogP contribution < -0.4 is 0 Å². The van der Waals surface area contributed by atoms with Gasteiger partial charge in [0.2, 0.25) is 0 Å². The number of hydrogen-bond donors (Lipinski definition) is 0. The maximum Gasteiger partial charge on any atom is 0.0641 e. The van der Waals surface area contributed by atoms with Crippen molar-refractivity contribution in [3.05, 3.63) is 51.9 Å². The van der Waals surface area contributed by atoms with Crippen LogP contribution in [0.25, 0.3) is 0 Å². The standard InChI is InChI=1S/C12H11IN2/c1-15-7-3-6-12(15)9-14-11-5-2-4-10(13)8-11/h2-9H,1H3. The third-order valence-corrected chi connectivity index (χ3v) is 2.81. The Morgan fingerprint density at radius 2 is 2.13 bits per heavy atom. The summed E-state index contributed by atoms with van der Waals surface area (Å²) in [5, 5.41) is 0. The highest BCUT2D eigenvalue weighted by Gasteiger charge is 1.92. The first kappa shape index (κ1) is 10.4. The molecule has 1 aromatic heterocycles. The van der Waals surface area contributed by atoms with Crippen molar-refractivity contribution in [1.29, 1.82) is 0 Å². The molecule has 0 radical (unpaired) electrons. The van der Waals surface area contributed by atoms with Crippen LogP contribution in [0.2, 0.25) is 0 Å². The van der Waals surface area contributed by atoms with Crippen LogP contribution in [-0.2, 0) is 7.05 Å². The monoisotopic (exact) mass is 310 g/mol. The van der Waals surface area contributed by atoms with E-state index in [0.717, 1.165) is 11.4 Å². The molecular formula is C12H11IN2. The molecule has 0 fully saturated rings. The van der Waals surface area contributed by atoms with E-state index in [9.17, 15) is 0 Å². The van der Waals surface area contributed by atoms with Gasteiger partial charge in [-0.2, -0.15) is 0 Å². The Balaban J connectivity index is 2.22. The van der Waals surface area contributed by atoms with Crippen LogP contribution in [0.5, 0.6) is 0 Å². The minimum Gasteiger partial charge on any atom is -0.350 e. The molecule has 0 amide bonds. The van der Waals surface area contributed by atoms with Crippen molar-refractivity contribution in [3.8, 4) is 0 Å². The van der Waals surface area contributed by atoms with Gasteiger partial charge < -0.3 is 4.57 Å². The van der Waals surface area contributed by atoms with Crippen LogP contribution in [0.1, 0.15) is 5.69 Å². The van der Waals surface area contributed by atoms with Gasteiger partial charge in [-0.1, -0.05) is 6.07 Å². The minimum absolute atomic E-state index is 0.989. The zero-order chi connectivity index (χ0) is 10.7. The van der Waals surface area contributed by atoms with Gasteiger partial charge in [-0.25, -0.2) is 0 Å². The Labute approximate surface area is 103 Å². The molecule has 0 saturated heterocycles.